The fourth-order valence-corrected chi connectivity index (χ4v) is 7.03. The molecule has 0 aliphatic carbocycles. The number of sulfone groups is 1. The van der Waals surface area contributed by atoms with E-state index >= 15 is 0 Å². The van der Waals surface area contributed by atoms with Crippen LogP contribution in [0.15, 0.2) is 40.5 Å². The lowest BCUT2D eigenvalue weighted by Crippen LogP contribution is -2.38. The number of benzene rings is 1. The van der Waals surface area contributed by atoms with Crippen molar-refractivity contribution in [2.75, 3.05) is 25.9 Å². The summed E-state index contributed by atoms with van der Waals surface area (Å²) in [5, 5.41) is 10.0. The van der Waals surface area contributed by atoms with Gasteiger partial charge in [0.15, 0.2) is 14.6 Å². The van der Waals surface area contributed by atoms with Crippen molar-refractivity contribution in [3.05, 3.63) is 45.2 Å². The number of rotatable bonds is 5. The standard InChI is InChI=1S/C22H25ClN4O5S2/c1-24-21-25(2)13-18(33-21)14-5-8-26(9-6-14)19(28)7-10-34(31,32)20-12-15-11-16(23)3-4-17(15)27(20)22(29)30/h3-4,11-14H,5-10H2,1-2H3,(H,29,30). The van der Waals surface area contributed by atoms with Crippen LogP contribution in [-0.2, 0) is 21.7 Å². The summed E-state index contributed by atoms with van der Waals surface area (Å²) in [6.45, 7) is 1.11. The van der Waals surface area contributed by atoms with Crippen LogP contribution in [0.2, 0.25) is 5.02 Å². The number of fused-ring (bicyclic) bond motifs is 1. The lowest BCUT2D eigenvalue weighted by molar-refractivity contribution is -0.131. The van der Waals surface area contributed by atoms with Gasteiger partial charge in [-0.25, -0.2) is 17.8 Å². The Labute approximate surface area is 205 Å². The van der Waals surface area contributed by atoms with Crippen molar-refractivity contribution < 1.29 is 23.1 Å². The lowest BCUT2D eigenvalue weighted by Gasteiger charge is -2.31. The second-order valence-corrected chi connectivity index (χ2v) is 11.8. The van der Waals surface area contributed by atoms with Crippen LogP contribution in [0.5, 0.6) is 0 Å². The first-order valence-corrected chi connectivity index (χ1v) is 13.6. The zero-order valence-electron chi connectivity index (χ0n) is 18.8. The Morgan fingerprint density at radius 3 is 2.56 bits per heavy atom. The molecule has 1 aliphatic heterocycles. The van der Waals surface area contributed by atoms with Gasteiger partial charge in [0.25, 0.3) is 0 Å². The van der Waals surface area contributed by atoms with Crippen molar-refractivity contribution in [1.82, 2.24) is 14.0 Å². The van der Waals surface area contributed by atoms with Gasteiger partial charge in [-0.2, -0.15) is 0 Å². The number of aryl methyl sites for hydroxylation is 1. The van der Waals surface area contributed by atoms with Crippen molar-refractivity contribution in [1.29, 1.82) is 0 Å². The van der Waals surface area contributed by atoms with Crippen molar-refractivity contribution in [2.24, 2.45) is 12.0 Å². The van der Waals surface area contributed by atoms with Crippen molar-refractivity contribution in [2.45, 2.75) is 30.2 Å². The Morgan fingerprint density at radius 2 is 1.94 bits per heavy atom. The highest BCUT2D eigenvalue weighted by Crippen LogP contribution is 2.30. The van der Waals surface area contributed by atoms with Crippen LogP contribution >= 0.6 is 22.9 Å². The zero-order valence-corrected chi connectivity index (χ0v) is 21.2. The molecule has 0 bridgehead atoms. The van der Waals surface area contributed by atoms with Crippen molar-refractivity contribution in [3.63, 3.8) is 0 Å². The SMILES string of the molecule is CN=c1sc(C2CCN(C(=O)CCS(=O)(=O)c3cc4cc(Cl)ccc4n3C(=O)O)CC2)cn1C. The largest absolute Gasteiger partial charge is 0.464 e. The number of carboxylic acid groups (broad SMARTS) is 1. The molecule has 9 nitrogen and oxygen atoms in total. The first-order valence-electron chi connectivity index (χ1n) is 10.7. The van der Waals surface area contributed by atoms with Gasteiger partial charge in [-0.3, -0.25) is 9.79 Å². The number of hydrogen-bond acceptors (Lipinski definition) is 6. The molecule has 182 valence electrons. The average Bonchev–Trinajstić information content (AvgIpc) is 3.38. The topological polar surface area (TPSA) is 114 Å². The van der Waals surface area contributed by atoms with Crippen LogP contribution in [-0.4, -0.2) is 65.4 Å². The normalized spacial score (nSPS) is 15.9. The van der Waals surface area contributed by atoms with Gasteiger partial charge in [-0.1, -0.05) is 11.6 Å². The molecule has 1 fully saturated rings. The second kappa shape index (κ2) is 9.55. The predicted octanol–water partition coefficient (Wildman–Crippen LogP) is 3.32. The van der Waals surface area contributed by atoms with E-state index in [1.165, 1.54) is 29.1 Å². The van der Waals surface area contributed by atoms with E-state index in [0.717, 1.165) is 22.2 Å². The maximum Gasteiger partial charge on any atom is 0.417 e. The monoisotopic (exact) mass is 524 g/mol. The molecule has 1 amide bonds. The first kappa shape index (κ1) is 24.5. The molecule has 34 heavy (non-hydrogen) atoms. The van der Waals surface area contributed by atoms with E-state index in [2.05, 4.69) is 11.2 Å². The third-order valence-electron chi connectivity index (χ3n) is 6.10. The predicted molar refractivity (Wildman–Crippen MR) is 130 cm³/mol. The number of halogens is 1. The number of piperidine rings is 1. The number of nitrogens with zero attached hydrogens (tertiary/aromatic N) is 4. The van der Waals surface area contributed by atoms with Crippen LogP contribution < -0.4 is 4.80 Å². The van der Waals surface area contributed by atoms with E-state index in [9.17, 15) is 23.1 Å². The molecule has 3 heterocycles. The highest BCUT2D eigenvalue weighted by molar-refractivity contribution is 7.91. The van der Waals surface area contributed by atoms with E-state index in [1.54, 1.807) is 23.3 Å². The molecule has 0 atom stereocenters. The van der Waals surface area contributed by atoms with Gasteiger partial charge < -0.3 is 14.6 Å². The molecule has 4 rings (SSSR count). The minimum atomic E-state index is -4.02. The number of carbonyl (C=O) groups is 2. The molecule has 0 radical (unpaired) electrons. The Hall–Kier alpha value is -2.63. The molecular formula is C22H25ClN4O5S2. The highest BCUT2D eigenvalue weighted by Gasteiger charge is 2.29. The zero-order chi connectivity index (χ0) is 24.6. The maximum atomic E-state index is 13.0. The number of amides is 1. The first-order chi connectivity index (χ1) is 16.1. The summed E-state index contributed by atoms with van der Waals surface area (Å²) < 4.78 is 28.7. The summed E-state index contributed by atoms with van der Waals surface area (Å²) in [7, 11) is -0.305. The van der Waals surface area contributed by atoms with Crippen LogP contribution in [0.4, 0.5) is 4.79 Å². The molecule has 0 saturated carbocycles. The maximum absolute atomic E-state index is 13.0. The minimum absolute atomic E-state index is 0.207. The minimum Gasteiger partial charge on any atom is -0.464 e. The molecule has 3 aromatic rings. The van der Waals surface area contributed by atoms with Crippen LogP contribution in [0.1, 0.15) is 30.1 Å². The number of hydrogen-bond donors (Lipinski definition) is 1. The summed E-state index contributed by atoms with van der Waals surface area (Å²) in [4.78, 5) is 32.7. The molecule has 0 spiro atoms. The van der Waals surface area contributed by atoms with Crippen molar-refractivity contribution in [3.8, 4) is 0 Å². The average molecular weight is 525 g/mol. The third kappa shape index (κ3) is 4.77. The molecule has 1 aromatic carbocycles. The van der Waals surface area contributed by atoms with E-state index < -0.39 is 21.7 Å². The summed E-state index contributed by atoms with van der Waals surface area (Å²) >= 11 is 7.61. The van der Waals surface area contributed by atoms with Gasteiger partial charge in [-0.15, -0.1) is 11.3 Å². The lowest BCUT2D eigenvalue weighted by atomic mass is 9.95. The fraction of sp³-hybridized carbons (Fsp3) is 0.409. The number of carbonyl (C=O) groups excluding carboxylic acids is 1. The van der Waals surface area contributed by atoms with Gasteiger partial charge in [-0.05, 0) is 43.0 Å². The molecule has 2 aromatic heterocycles. The van der Waals surface area contributed by atoms with Gasteiger partial charge >= 0.3 is 6.09 Å². The summed E-state index contributed by atoms with van der Waals surface area (Å²) in [5.41, 5.74) is 0.227. The van der Waals surface area contributed by atoms with Crippen molar-refractivity contribution >= 4 is 55.7 Å². The Kier molecular flexibility index (Phi) is 6.88. The molecule has 1 aliphatic rings. The quantitative estimate of drug-likeness (QED) is 0.550. The van der Waals surface area contributed by atoms with E-state index in [1.807, 2.05) is 11.6 Å². The molecule has 1 N–H and O–H groups in total. The van der Waals surface area contributed by atoms with E-state index in [4.69, 9.17) is 11.6 Å². The Balaban J connectivity index is 1.43. The number of likely N-dealkylation sites (tertiary alicyclic amines) is 1. The summed E-state index contributed by atoms with van der Waals surface area (Å²) in [6, 6.07) is 5.76. The fourth-order valence-electron chi connectivity index (χ4n) is 4.33. The molecule has 0 unspecified atom stereocenters. The Bertz CT molecular complexity index is 1430. The van der Waals surface area contributed by atoms with Crippen LogP contribution in [0, 0.1) is 0 Å². The van der Waals surface area contributed by atoms with E-state index in [-0.39, 0.29) is 22.9 Å². The highest BCUT2D eigenvalue weighted by atomic mass is 35.5. The summed E-state index contributed by atoms with van der Waals surface area (Å²) in [5.74, 6) is -0.368. The molecule has 1 saturated heterocycles. The Morgan fingerprint density at radius 1 is 1.24 bits per heavy atom. The van der Waals surface area contributed by atoms with Gasteiger partial charge in [0.2, 0.25) is 5.91 Å². The smallest absolute Gasteiger partial charge is 0.417 e. The number of aromatic nitrogens is 2. The molecular weight excluding hydrogens is 500 g/mol. The second-order valence-electron chi connectivity index (χ2n) is 8.28. The van der Waals surface area contributed by atoms with Gasteiger partial charge in [0.05, 0.1) is 11.3 Å². The van der Waals surface area contributed by atoms with Gasteiger partial charge in [0, 0.05) is 55.1 Å². The summed E-state index contributed by atoms with van der Waals surface area (Å²) in [6.07, 6.45) is 2.06. The van der Waals surface area contributed by atoms with Crippen LogP contribution in [0.3, 0.4) is 0 Å². The van der Waals surface area contributed by atoms with Gasteiger partial charge in [0.1, 0.15) is 5.03 Å². The number of thiazole rings is 1. The third-order valence-corrected chi connectivity index (χ3v) is 9.34. The van der Waals surface area contributed by atoms with E-state index in [0.29, 0.717) is 29.4 Å². The van der Waals surface area contributed by atoms with Crippen LogP contribution in [0.25, 0.3) is 10.9 Å². The molecule has 12 heteroatoms.